The normalized spacial score (nSPS) is 10.2. The van der Waals surface area contributed by atoms with Gasteiger partial charge in [-0.1, -0.05) is 30.3 Å². The maximum absolute atomic E-state index is 13.5. The van der Waals surface area contributed by atoms with Gasteiger partial charge in [0.2, 0.25) is 5.78 Å². The first kappa shape index (κ1) is 19.1. The summed E-state index contributed by atoms with van der Waals surface area (Å²) in [5.41, 5.74) is 1.00. The van der Waals surface area contributed by atoms with Crippen LogP contribution in [-0.4, -0.2) is 25.4 Å². The number of para-hydroxylation sites is 2. The molecule has 0 fully saturated rings. The van der Waals surface area contributed by atoms with Gasteiger partial charge in [0.1, 0.15) is 17.3 Å². The molecule has 0 aliphatic rings. The van der Waals surface area contributed by atoms with Gasteiger partial charge in [-0.15, -0.1) is 0 Å². The smallest absolute Gasteiger partial charge is 0.259 e. The number of Topliss-reactive ketones (excluding diaryl/α,β-unsaturated/α-hetero) is 1. The van der Waals surface area contributed by atoms with Crippen LogP contribution < -0.4 is 14.8 Å². The van der Waals surface area contributed by atoms with Gasteiger partial charge in [-0.25, -0.2) is 4.39 Å². The summed E-state index contributed by atoms with van der Waals surface area (Å²) in [6.07, 6.45) is 0. The lowest BCUT2D eigenvalue weighted by Gasteiger charge is -2.12. The Kier molecular flexibility index (Phi) is 6.01. The molecule has 6 heteroatoms. The number of hydrogen-bond acceptors (Lipinski definition) is 4. The van der Waals surface area contributed by atoms with Gasteiger partial charge in [-0.2, -0.15) is 0 Å². The Balaban J connectivity index is 1.74. The van der Waals surface area contributed by atoms with Crippen LogP contribution in [0.1, 0.15) is 20.7 Å². The maximum Gasteiger partial charge on any atom is 0.259 e. The monoisotopic (exact) mass is 379 g/mol. The average molecular weight is 379 g/mol. The van der Waals surface area contributed by atoms with Crippen molar-refractivity contribution in [3.63, 3.8) is 0 Å². The third-order valence-electron chi connectivity index (χ3n) is 3.98. The van der Waals surface area contributed by atoms with Crippen molar-refractivity contribution in [2.45, 2.75) is 0 Å². The SMILES string of the molecule is COc1ccc(F)cc1C(=O)COc1ccccc1C(=O)Nc1ccccc1. The van der Waals surface area contributed by atoms with Crippen LogP contribution in [0.3, 0.4) is 0 Å². The van der Waals surface area contributed by atoms with Crippen LogP contribution in [0.2, 0.25) is 0 Å². The first-order valence-corrected chi connectivity index (χ1v) is 8.53. The molecule has 5 nitrogen and oxygen atoms in total. The molecule has 142 valence electrons. The quantitative estimate of drug-likeness (QED) is 0.620. The van der Waals surface area contributed by atoms with Gasteiger partial charge in [0.15, 0.2) is 6.61 Å². The number of carbonyl (C=O) groups excluding carboxylic acids is 2. The van der Waals surface area contributed by atoms with Crippen molar-refractivity contribution in [2.24, 2.45) is 0 Å². The Hall–Kier alpha value is -3.67. The standard InChI is InChI=1S/C22H18FNO4/c1-27-20-12-11-15(23)13-18(20)19(25)14-28-21-10-6-5-9-17(21)22(26)24-16-7-3-2-4-8-16/h2-13H,14H2,1H3,(H,24,26). The molecule has 0 saturated carbocycles. The van der Waals surface area contributed by atoms with Crippen molar-refractivity contribution in [2.75, 3.05) is 19.0 Å². The lowest BCUT2D eigenvalue weighted by atomic mass is 10.1. The predicted octanol–water partition coefficient (Wildman–Crippen LogP) is 4.35. The summed E-state index contributed by atoms with van der Waals surface area (Å²) in [6.45, 7) is -0.366. The second-order valence-electron chi connectivity index (χ2n) is 5.87. The first-order valence-electron chi connectivity index (χ1n) is 8.53. The second-order valence-corrected chi connectivity index (χ2v) is 5.87. The molecule has 0 aromatic heterocycles. The largest absolute Gasteiger partial charge is 0.496 e. The summed E-state index contributed by atoms with van der Waals surface area (Å²) in [5.74, 6) is -0.872. The topological polar surface area (TPSA) is 64.6 Å². The Labute approximate surface area is 161 Å². The van der Waals surface area contributed by atoms with Gasteiger partial charge in [0, 0.05) is 5.69 Å². The fourth-order valence-electron chi connectivity index (χ4n) is 2.62. The summed E-state index contributed by atoms with van der Waals surface area (Å²) in [7, 11) is 1.40. The minimum absolute atomic E-state index is 0.0775. The molecule has 28 heavy (non-hydrogen) atoms. The number of anilines is 1. The highest BCUT2D eigenvalue weighted by molar-refractivity contribution is 6.06. The molecule has 0 saturated heterocycles. The summed E-state index contributed by atoms with van der Waals surface area (Å²) in [6, 6.07) is 19.3. The molecule has 3 aromatic carbocycles. The van der Waals surface area contributed by atoms with Crippen molar-refractivity contribution in [1.29, 1.82) is 0 Å². The van der Waals surface area contributed by atoms with Gasteiger partial charge < -0.3 is 14.8 Å². The molecule has 0 bridgehead atoms. The van der Waals surface area contributed by atoms with Gasteiger partial charge in [-0.05, 0) is 42.5 Å². The number of ketones is 1. The zero-order valence-electron chi connectivity index (χ0n) is 15.1. The van der Waals surface area contributed by atoms with Crippen LogP contribution in [0.15, 0.2) is 72.8 Å². The average Bonchev–Trinajstić information content (AvgIpc) is 2.73. The van der Waals surface area contributed by atoms with E-state index in [1.165, 1.54) is 19.2 Å². The van der Waals surface area contributed by atoms with Crippen LogP contribution >= 0.6 is 0 Å². The van der Waals surface area contributed by atoms with E-state index in [1.54, 1.807) is 36.4 Å². The Morgan fingerprint density at radius 3 is 2.36 bits per heavy atom. The molecule has 0 aliphatic heterocycles. The number of methoxy groups -OCH3 is 1. The van der Waals surface area contributed by atoms with E-state index in [0.29, 0.717) is 5.69 Å². The van der Waals surface area contributed by atoms with E-state index in [1.807, 2.05) is 18.2 Å². The molecule has 0 unspecified atom stereocenters. The summed E-state index contributed by atoms with van der Waals surface area (Å²) in [5, 5.41) is 2.77. The molecule has 1 N–H and O–H groups in total. The zero-order valence-corrected chi connectivity index (χ0v) is 15.1. The molecule has 0 radical (unpaired) electrons. The fraction of sp³-hybridized carbons (Fsp3) is 0.0909. The van der Waals surface area contributed by atoms with Crippen LogP contribution in [-0.2, 0) is 0 Å². The second kappa shape index (κ2) is 8.81. The van der Waals surface area contributed by atoms with Crippen LogP contribution in [0.25, 0.3) is 0 Å². The lowest BCUT2D eigenvalue weighted by molar-refractivity contribution is 0.0911. The highest BCUT2D eigenvalue weighted by Gasteiger charge is 2.17. The van der Waals surface area contributed by atoms with Crippen molar-refractivity contribution in [3.8, 4) is 11.5 Å². The number of halogens is 1. The number of rotatable bonds is 7. The first-order chi connectivity index (χ1) is 13.6. The van der Waals surface area contributed by atoms with Crippen LogP contribution in [0, 0.1) is 5.82 Å². The molecular weight excluding hydrogens is 361 g/mol. The molecular formula is C22H18FNO4. The maximum atomic E-state index is 13.5. The minimum atomic E-state index is -0.549. The van der Waals surface area contributed by atoms with Gasteiger partial charge in [-0.3, -0.25) is 9.59 Å². The molecule has 3 rings (SSSR count). The highest BCUT2D eigenvalue weighted by Crippen LogP contribution is 2.23. The van der Waals surface area contributed by atoms with Crippen molar-refractivity contribution >= 4 is 17.4 Å². The van der Waals surface area contributed by atoms with Crippen molar-refractivity contribution < 1.29 is 23.5 Å². The number of hydrogen-bond donors (Lipinski definition) is 1. The van der Waals surface area contributed by atoms with Gasteiger partial charge in [0.25, 0.3) is 5.91 Å². The number of nitrogens with one attached hydrogen (secondary N) is 1. The highest BCUT2D eigenvalue weighted by atomic mass is 19.1. The van der Waals surface area contributed by atoms with Crippen LogP contribution in [0.5, 0.6) is 11.5 Å². The lowest BCUT2D eigenvalue weighted by Crippen LogP contribution is -2.17. The number of ether oxygens (including phenoxy) is 2. The summed E-state index contributed by atoms with van der Waals surface area (Å²) >= 11 is 0. The van der Waals surface area contributed by atoms with Crippen LogP contribution in [0.4, 0.5) is 10.1 Å². The van der Waals surface area contributed by atoms with Crippen molar-refractivity contribution in [1.82, 2.24) is 0 Å². The third-order valence-corrected chi connectivity index (χ3v) is 3.98. The predicted molar refractivity (Wildman–Crippen MR) is 104 cm³/mol. The number of carbonyl (C=O) groups is 2. The fourth-order valence-corrected chi connectivity index (χ4v) is 2.62. The van der Waals surface area contributed by atoms with E-state index < -0.39 is 11.6 Å². The van der Waals surface area contributed by atoms with Gasteiger partial charge >= 0.3 is 0 Å². The molecule has 3 aromatic rings. The number of amides is 1. The number of benzene rings is 3. The molecule has 0 heterocycles. The molecule has 0 spiro atoms. The Morgan fingerprint density at radius 2 is 1.61 bits per heavy atom. The Bertz CT molecular complexity index is 989. The third kappa shape index (κ3) is 4.54. The van der Waals surface area contributed by atoms with E-state index >= 15 is 0 Å². The van der Waals surface area contributed by atoms with Gasteiger partial charge in [0.05, 0.1) is 18.2 Å². The van der Waals surface area contributed by atoms with E-state index in [9.17, 15) is 14.0 Å². The molecule has 0 aliphatic carbocycles. The Morgan fingerprint density at radius 1 is 0.893 bits per heavy atom. The van der Waals surface area contributed by atoms with E-state index in [-0.39, 0.29) is 35.1 Å². The van der Waals surface area contributed by atoms with E-state index in [0.717, 1.165) is 6.07 Å². The molecule has 0 atom stereocenters. The summed E-state index contributed by atoms with van der Waals surface area (Å²) < 4.78 is 24.1. The minimum Gasteiger partial charge on any atom is -0.496 e. The van der Waals surface area contributed by atoms with Crippen molar-refractivity contribution in [3.05, 3.63) is 89.7 Å². The summed E-state index contributed by atoms with van der Waals surface area (Å²) in [4.78, 5) is 25.0. The molecule has 1 amide bonds. The zero-order chi connectivity index (χ0) is 19.9. The van der Waals surface area contributed by atoms with E-state index in [2.05, 4.69) is 5.32 Å². The van der Waals surface area contributed by atoms with E-state index in [4.69, 9.17) is 9.47 Å².